The van der Waals surface area contributed by atoms with Crippen LogP contribution >= 0.6 is 0 Å². The Bertz CT molecular complexity index is 928. The number of anilines is 1. The SMILES string of the molecule is CC[C@H](N)C(=O)C1(CCC(C(N)=O)C(=O)O)CNc2ccc3ccccc3c21. The van der Waals surface area contributed by atoms with Crippen molar-refractivity contribution in [1.29, 1.82) is 0 Å². The van der Waals surface area contributed by atoms with Gasteiger partial charge in [0.25, 0.3) is 0 Å². The van der Waals surface area contributed by atoms with Gasteiger partial charge in [0.1, 0.15) is 5.92 Å². The van der Waals surface area contributed by atoms with Crippen molar-refractivity contribution in [3.63, 3.8) is 0 Å². The number of aliphatic carboxylic acids is 1. The molecule has 3 atom stereocenters. The lowest BCUT2D eigenvalue weighted by Gasteiger charge is -2.32. The normalized spacial score (nSPS) is 20.2. The second-order valence-corrected chi connectivity index (χ2v) is 7.36. The molecule has 3 rings (SSSR count). The van der Waals surface area contributed by atoms with Gasteiger partial charge in [-0.1, -0.05) is 37.3 Å². The molecule has 1 heterocycles. The molecule has 2 aromatic rings. The average molecular weight is 383 g/mol. The highest BCUT2D eigenvalue weighted by Gasteiger charge is 2.48. The van der Waals surface area contributed by atoms with E-state index in [0.717, 1.165) is 22.0 Å². The lowest BCUT2D eigenvalue weighted by atomic mass is 9.70. The highest BCUT2D eigenvalue weighted by molar-refractivity contribution is 6.04. The quantitative estimate of drug-likeness (QED) is 0.513. The first-order chi connectivity index (χ1) is 13.3. The van der Waals surface area contributed by atoms with E-state index >= 15 is 0 Å². The Kier molecular flexibility index (Phi) is 5.38. The molecular formula is C21H25N3O4. The van der Waals surface area contributed by atoms with E-state index in [0.29, 0.717) is 13.0 Å². The average Bonchev–Trinajstić information content (AvgIpc) is 3.06. The van der Waals surface area contributed by atoms with E-state index in [9.17, 15) is 19.5 Å². The van der Waals surface area contributed by atoms with Crippen LogP contribution in [0.25, 0.3) is 10.8 Å². The van der Waals surface area contributed by atoms with Crippen LogP contribution in [0.2, 0.25) is 0 Å². The first-order valence-corrected chi connectivity index (χ1v) is 9.40. The lowest BCUT2D eigenvalue weighted by Crippen LogP contribution is -2.48. The van der Waals surface area contributed by atoms with E-state index in [4.69, 9.17) is 11.5 Å². The Labute approximate surface area is 163 Å². The largest absolute Gasteiger partial charge is 0.481 e. The molecule has 0 fully saturated rings. The molecule has 2 unspecified atom stereocenters. The summed E-state index contributed by atoms with van der Waals surface area (Å²) >= 11 is 0. The maximum absolute atomic E-state index is 13.4. The maximum atomic E-state index is 13.4. The minimum Gasteiger partial charge on any atom is -0.481 e. The molecule has 0 aliphatic carbocycles. The van der Waals surface area contributed by atoms with E-state index in [1.165, 1.54) is 0 Å². The van der Waals surface area contributed by atoms with Crippen molar-refractivity contribution in [2.24, 2.45) is 17.4 Å². The second-order valence-electron chi connectivity index (χ2n) is 7.36. The Morgan fingerprint density at radius 2 is 1.93 bits per heavy atom. The van der Waals surface area contributed by atoms with Gasteiger partial charge in [0, 0.05) is 12.2 Å². The molecule has 1 amide bonds. The zero-order valence-electron chi connectivity index (χ0n) is 15.8. The molecule has 28 heavy (non-hydrogen) atoms. The number of carbonyl (C=O) groups excluding carboxylic acids is 2. The van der Waals surface area contributed by atoms with Crippen LogP contribution in [0, 0.1) is 5.92 Å². The lowest BCUT2D eigenvalue weighted by molar-refractivity contribution is -0.146. The molecule has 0 saturated heterocycles. The molecule has 0 spiro atoms. The summed E-state index contributed by atoms with van der Waals surface area (Å²) < 4.78 is 0. The molecule has 7 heteroatoms. The van der Waals surface area contributed by atoms with Crippen LogP contribution in [0.15, 0.2) is 36.4 Å². The number of Topliss-reactive ketones (excluding diaryl/α,β-unsaturated/α-hetero) is 1. The first-order valence-electron chi connectivity index (χ1n) is 9.40. The number of carboxylic acid groups (broad SMARTS) is 1. The highest BCUT2D eigenvalue weighted by Crippen LogP contribution is 2.46. The number of rotatable bonds is 8. The van der Waals surface area contributed by atoms with Gasteiger partial charge in [0.2, 0.25) is 5.91 Å². The van der Waals surface area contributed by atoms with Crippen molar-refractivity contribution < 1.29 is 19.5 Å². The maximum Gasteiger partial charge on any atom is 0.316 e. The van der Waals surface area contributed by atoms with Crippen molar-refractivity contribution in [2.75, 3.05) is 11.9 Å². The van der Waals surface area contributed by atoms with Crippen LogP contribution in [0.4, 0.5) is 5.69 Å². The number of benzene rings is 2. The number of ketones is 1. The van der Waals surface area contributed by atoms with Gasteiger partial charge >= 0.3 is 5.97 Å². The van der Waals surface area contributed by atoms with Crippen LogP contribution in [-0.4, -0.2) is 35.4 Å². The summed E-state index contributed by atoms with van der Waals surface area (Å²) in [4.78, 5) is 36.5. The van der Waals surface area contributed by atoms with Gasteiger partial charge in [-0.15, -0.1) is 0 Å². The van der Waals surface area contributed by atoms with Crippen LogP contribution in [0.5, 0.6) is 0 Å². The number of hydrogen-bond donors (Lipinski definition) is 4. The fraction of sp³-hybridized carbons (Fsp3) is 0.381. The number of carbonyl (C=O) groups is 3. The van der Waals surface area contributed by atoms with Crippen LogP contribution < -0.4 is 16.8 Å². The van der Waals surface area contributed by atoms with Crippen LogP contribution in [0.3, 0.4) is 0 Å². The molecule has 6 N–H and O–H groups in total. The molecule has 0 aromatic heterocycles. The zero-order chi connectivity index (χ0) is 20.5. The van der Waals surface area contributed by atoms with Gasteiger partial charge in [0.15, 0.2) is 5.78 Å². The zero-order valence-corrected chi connectivity index (χ0v) is 15.8. The Hall–Kier alpha value is -2.93. The first kappa shape index (κ1) is 19.8. The van der Waals surface area contributed by atoms with Gasteiger partial charge < -0.3 is 21.9 Å². The number of fused-ring (bicyclic) bond motifs is 3. The van der Waals surface area contributed by atoms with E-state index in [1.807, 2.05) is 43.3 Å². The summed E-state index contributed by atoms with van der Waals surface area (Å²) in [6.45, 7) is 2.15. The topological polar surface area (TPSA) is 136 Å². The third kappa shape index (κ3) is 3.22. The third-order valence-corrected chi connectivity index (χ3v) is 5.74. The molecule has 7 nitrogen and oxygen atoms in total. The van der Waals surface area contributed by atoms with Gasteiger partial charge in [0.05, 0.1) is 11.5 Å². The van der Waals surface area contributed by atoms with Crippen molar-refractivity contribution in [3.8, 4) is 0 Å². The fourth-order valence-corrected chi connectivity index (χ4v) is 4.13. The molecule has 148 valence electrons. The highest BCUT2D eigenvalue weighted by atomic mass is 16.4. The van der Waals surface area contributed by atoms with Gasteiger partial charge in [-0.2, -0.15) is 0 Å². The summed E-state index contributed by atoms with van der Waals surface area (Å²) in [5.74, 6) is -3.68. The van der Waals surface area contributed by atoms with Crippen molar-refractivity contribution in [3.05, 3.63) is 42.0 Å². The third-order valence-electron chi connectivity index (χ3n) is 5.74. The molecule has 2 aromatic carbocycles. The summed E-state index contributed by atoms with van der Waals surface area (Å²) in [7, 11) is 0. The number of primary amides is 1. The van der Waals surface area contributed by atoms with E-state index < -0.39 is 29.3 Å². The Morgan fingerprint density at radius 3 is 2.57 bits per heavy atom. The minimum atomic E-state index is -1.35. The Balaban J connectivity index is 2.13. The molecule has 0 saturated carbocycles. The smallest absolute Gasteiger partial charge is 0.316 e. The number of hydrogen-bond acceptors (Lipinski definition) is 5. The molecule has 0 radical (unpaired) electrons. The number of nitrogens with two attached hydrogens (primary N) is 2. The monoisotopic (exact) mass is 383 g/mol. The Morgan fingerprint density at radius 1 is 1.21 bits per heavy atom. The number of nitrogens with one attached hydrogen (secondary N) is 1. The molecule has 1 aliphatic rings. The van der Waals surface area contributed by atoms with E-state index in [-0.39, 0.29) is 18.6 Å². The summed E-state index contributed by atoms with van der Waals surface area (Å²) in [6, 6.07) is 11.0. The summed E-state index contributed by atoms with van der Waals surface area (Å²) in [6.07, 6.45) is 0.615. The van der Waals surface area contributed by atoms with Crippen molar-refractivity contribution in [1.82, 2.24) is 0 Å². The summed E-state index contributed by atoms with van der Waals surface area (Å²) in [5.41, 5.74) is 12.0. The van der Waals surface area contributed by atoms with Crippen LogP contribution in [0.1, 0.15) is 31.7 Å². The van der Waals surface area contributed by atoms with Gasteiger partial charge in [-0.05, 0) is 41.7 Å². The van der Waals surface area contributed by atoms with Gasteiger partial charge in [-0.3, -0.25) is 14.4 Å². The molecular weight excluding hydrogens is 358 g/mol. The number of amides is 1. The number of carboxylic acids is 1. The minimum absolute atomic E-state index is 0.0306. The molecule has 1 aliphatic heterocycles. The van der Waals surface area contributed by atoms with Crippen molar-refractivity contribution >= 4 is 34.1 Å². The standard InChI is InChI=1S/C21H25N3O4/c1-2-15(22)18(25)21(10-9-14(19(23)26)20(27)28)11-24-16-8-7-12-5-3-4-6-13(12)17(16)21/h3-8,14-15,24H,2,9-11,22H2,1H3,(H2,23,26)(H,27,28)/t14?,15-,21?/m0/s1. The second kappa shape index (κ2) is 7.59. The predicted octanol–water partition coefficient (Wildman–Crippen LogP) is 1.78. The van der Waals surface area contributed by atoms with Crippen LogP contribution in [-0.2, 0) is 19.8 Å². The van der Waals surface area contributed by atoms with E-state index in [2.05, 4.69) is 5.32 Å². The summed E-state index contributed by atoms with van der Waals surface area (Å²) in [5, 5.41) is 14.5. The predicted molar refractivity (Wildman–Crippen MR) is 107 cm³/mol. The van der Waals surface area contributed by atoms with E-state index in [1.54, 1.807) is 0 Å². The molecule has 0 bridgehead atoms. The van der Waals surface area contributed by atoms with Crippen molar-refractivity contribution in [2.45, 2.75) is 37.6 Å². The van der Waals surface area contributed by atoms with Gasteiger partial charge in [-0.25, -0.2) is 0 Å². The fourth-order valence-electron chi connectivity index (χ4n) is 4.13.